The molecule has 0 fully saturated rings. The number of alkyl halides is 3. The monoisotopic (exact) mass is 489 g/mol. The van der Waals surface area contributed by atoms with Crippen molar-refractivity contribution in [3.05, 3.63) is 52.5 Å². The highest BCUT2D eigenvalue weighted by Crippen LogP contribution is 2.27. The molecule has 1 aromatic heterocycles. The number of anilines is 2. The van der Waals surface area contributed by atoms with E-state index >= 15 is 0 Å². The number of halogens is 4. The average molecular weight is 490 g/mol. The van der Waals surface area contributed by atoms with E-state index in [1.165, 1.54) is 12.1 Å². The van der Waals surface area contributed by atoms with Gasteiger partial charge in [0.15, 0.2) is 0 Å². The van der Waals surface area contributed by atoms with Crippen LogP contribution in [0, 0.1) is 0 Å². The van der Waals surface area contributed by atoms with E-state index in [9.17, 15) is 21.6 Å². The molecule has 7 nitrogen and oxygen atoms in total. The smallest absolute Gasteiger partial charge is 0.360 e. The van der Waals surface area contributed by atoms with Gasteiger partial charge in [-0.15, -0.1) is 0 Å². The quantitative estimate of drug-likeness (QED) is 0.487. The van der Waals surface area contributed by atoms with E-state index in [1.54, 1.807) is 30.3 Å². The summed E-state index contributed by atoms with van der Waals surface area (Å²) in [7, 11) is -3.79. The maximum atomic E-state index is 12.6. The van der Waals surface area contributed by atoms with Crippen LogP contribution in [-0.2, 0) is 16.6 Å². The highest BCUT2D eigenvalue weighted by atomic mass is 79.9. The molecule has 0 amide bonds. The van der Waals surface area contributed by atoms with Crippen molar-refractivity contribution in [3.8, 4) is 0 Å². The first-order chi connectivity index (χ1) is 13.5. The Morgan fingerprint density at radius 1 is 1.03 bits per heavy atom. The molecule has 2 aromatic carbocycles. The van der Waals surface area contributed by atoms with Gasteiger partial charge in [-0.25, -0.2) is 18.5 Å². The zero-order valence-corrected chi connectivity index (χ0v) is 17.1. The van der Waals surface area contributed by atoms with E-state index in [-0.39, 0.29) is 23.2 Å². The molecule has 0 aliphatic carbocycles. The Morgan fingerprint density at radius 3 is 2.34 bits per heavy atom. The minimum absolute atomic E-state index is 0.0209. The fraction of sp³-hybridized carbons (Fsp3) is 0.176. The second-order valence-corrected chi connectivity index (χ2v) is 8.55. The number of aromatic nitrogens is 2. The Labute approximate surface area is 172 Å². The summed E-state index contributed by atoms with van der Waals surface area (Å²) < 4.78 is 61.1. The minimum atomic E-state index is -4.40. The molecule has 29 heavy (non-hydrogen) atoms. The second kappa shape index (κ2) is 8.13. The summed E-state index contributed by atoms with van der Waals surface area (Å²) in [4.78, 5) is 8.44. The Bertz CT molecular complexity index is 1140. The first kappa shape index (κ1) is 21.3. The summed E-state index contributed by atoms with van der Waals surface area (Å²) in [5.74, 6) is 0.167. The highest BCUT2D eigenvalue weighted by molar-refractivity contribution is 9.10. The van der Waals surface area contributed by atoms with Gasteiger partial charge in [-0.1, -0.05) is 28.1 Å². The fourth-order valence-electron chi connectivity index (χ4n) is 2.48. The van der Waals surface area contributed by atoms with Gasteiger partial charge in [0.2, 0.25) is 16.0 Å². The van der Waals surface area contributed by atoms with E-state index < -0.39 is 22.7 Å². The van der Waals surface area contributed by atoms with Crippen LogP contribution in [0.5, 0.6) is 0 Å². The number of benzene rings is 2. The van der Waals surface area contributed by atoms with Gasteiger partial charge in [0.1, 0.15) is 12.4 Å². The number of nitrogens with two attached hydrogens (primary N) is 1. The van der Waals surface area contributed by atoms with Crippen LogP contribution in [0.4, 0.5) is 24.9 Å². The number of hydrogen-bond donors (Lipinski definition) is 3. The third-order valence-electron chi connectivity index (χ3n) is 3.82. The summed E-state index contributed by atoms with van der Waals surface area (Å²) in [6, 6.07) is 10.9. The number of primary sulfonamides is 1. The molecule has 0 aliphatic rings. The largest absolute Gasteiger partial charge is 0.405 e. The average Bonchev–Trinajstić information content (AvgIpc) is 2.63. The predicted molar refractivity (Wildman–Crippen MR) is 107 cm³/mol. The summed E-state index contributed by atoms with van der Waals surface area (Å²) >= 11 is 3.28. The van der Waals surface area contributed by atoms with Gasteiger partial charge in [-0.05, 0) is 35.9 Å². The lowest BCUT2D eigenvalue weighted by Crippen LogP contribution is -2.22. The molecule has 0 saturated heterocycles. The predicted octanol–water partition coefficient (Wildman–Crippen LogP) is 3.63. The van der Waals surface area contributed by atoms with E-state index in [4.69, 9.17) is 5.14 Å². The van der Waals surface area contributed by atoms with Crippen molar-refractivity contribution in [2.75, 3.05) is 17.2 Å². The molecule has 0 radical (unpaired) electrons. The second-order valence-electron chi connectivity index (χ2n) is 6.07. The number of hydrogen-bond acceptors (Lipinski definition) is 6. The van der Waals surface area contributed by atoms with E-state index in [0.717, 1.165) is 0 Å². The van der Waals surface area contributed by atoms with Crippen LogP contribution in [0.25, 0.3) is 10.9 Å². The molecule has 0 saturated carbocycles. The van der Waals surface area contributed by atoms with Crippen LogP contribution >= 0.6 is 15.9 Å². The molecular weight excluding hydrogens is 475 g/mol. The van der Waals surface area contributed by atoms with Crippen LogP contribution in [0.2, 0.25) is 0 Å². The minimum Gasteiger partial charge on any atom is -0.360 e. The summed E-state index contributed by atoms with van der Waals surface area (Å²) in [6.45, 7) is -1.01. The van der Waals surface area contributed by atoms with Gasteiger partial charge in [-0.2, -0.15) is 18.2 Å². The number of rotatable bonds is 6. The molecule has 0 bridgehead atoms. The molecule has 3 rings (SSSR count). The molecule has 4 N–H and O–H groups in total. The zero-order chi connectivity index (χ0) is 21.2. The van der Waals surface area contributed by atoms with Crippen LogP contribution in [-0.4, -0.2) is 31.1 Å². The van der Waals surface area contributed by atoms with Gasteiger partial charge >= 0.3 is 6.18 Å². The van der Waals surface area contributed by atoms with E-state index in [1.807, 2.05) is 0 Å². The third kappa shape index (κ3) is 5.78. The lowest BCUT2D eigenvalue weighted by molar-refractivity contribution is -0.115. The van der Waals surface area contributed by atoms with Gasteiger partial charge in [0.05, 0.1) is 10.4 Å². The Morgan fingerprint density at radius 2 is 1.72 bits per heavy atom. The SMILES string of the molecule is NS(=O)(=O)c1ccc(CNc2nc(NCC(F)(F)F)c3cc(Br)ccc3n2)cc1. The van der Waals surface area contributed by atoms with Crippen LogP contribution in [0.3, 0.4) is 0 Å². The maximum absolute atomic E-state index is 12.6. The van der Waals surface area contributed by atoms with E-state index in [0.29, 0.717) is 20.9 Å². The summed E-state index contributed by atoms with van der Waals surface area (Å²) in [6.07, 6.45) is -4.40. The fourth-order valence-corrected chi connectivity index (χ4v) is 3.35. The van der Waals surface area contributed by atoms with Crippen molar-refractivity contribution in [2.45, 2.75) is 17.6 Å². The van der Waals surface area contributed by atoms with E-state index in [2.05, 4.69) is 36.5 Å². The third-order valence-corrected chi connectivity index (χ3v) is 5.24. The van der Waals surface area contributed by atoms with Gasteiger partial charge in [0, 0.05) is 16.4 Å². The van der Waals surface area contributed by atoms with Crippen molar-refractivity contribution < 1.29 is 21.6 Å². The summed E-state index contributed by atoms with van der Waals surface area (Å²) in [5, 5.41) is 10.7. The molecule has 154 valence electrons. The topological polar surface area (TPSA) is 110 Å². The van der Waals surface area contributed by atoms with Crippen molar-refractivity contribution in [1.82, 2.24) is 9.97 Å². The number of nitrogens with zero attached hydrogens (tertiary/aromatic N) is 2. The zero-order valence-electron chi connectivity index (χ0n) is 14.7. The molecule has 0 spiro atoms. The van der Waals surface area contributed by atoms with Crippen LogP contribution in [0.1, 0.15) is 5.56 Å². The van der Waals surface area contributed by atoms with Crippen LogP contribution in [0.15, 0.2) is 51.8 Å². The summed E-state index contributed by atoms with van der Waals surface area (Å²) in [5.41, 5.74) is 1.17. The lowest BCUT2D eigenvalue weighted by atomic mass is 10.2. The number of fused-ring (bicyclic) bond motifs is 1. The molecule has 0 aliphatic heterocycles. The lowest BCUT2D eigenvalue weighted by Gasteiger charge is -2.13. The molecule has 0 atom stereocenters. The molecule has 3 aromatic rings. The van der Waals surface area contributed by atoms with Crippen molar-refractivity contribution in [3.63, 3.8) is 0 Å². The normalized spacial score (nSPS) is 12.2. The first-order valence-corrected chi connectivity index (χ1v) is 10.5. The standard InChI is InChI=1S/C17H15BrF3N5O2S/c18-11-3-6-14-13(7-11)15(24-9-17(19,20)21)26-16(25-14)23-8-10-1-4-12(5-2-10)29(22,27)28/h1-7H,8-9H2,(H2,22,27,28)(H2,23,24,25,26). The van der Waals surface area contributed by atoms with Crippen LogP contribution < -0.4 is 15.8 Å². The number of nitrogens with one attached hydrogen (secondary N) is 2. The van der Waals surface area contributed by atoms with Gasteiger partial charge in [0.25, 0.3) is 0 Å². The Hall–Kier alpha value is -2.44. The highest BCUT2D eigenvalue weighted by Gasteiger charge is 2.27. The van der Waals surface area contributed by atoms with Crippen molar-refractivity contribution >= 4 is 48.6 Å². The number of sulfonamides is 1. The molecular formula is C17H15BrF3N5O2S. The molecule has 0 unspecified atom stereocenters. The Kier molecular flexibility index (Phi) is 5.96. The maximum Gasteiger partial charge on any atom is 0.405 e. The van der Waals surface area contributed by atoms with Crippen molar-refractivity contribution in [1.29, 1.82) is 0 Å². The Balaban J connectivity index is 1.84. The van der Waals surface area contributed by atoms with Crippen molar-refractivity contribution in [2.24, 2.45) is 5.14 Å². The first-order valence-electron chi connectivity index (χ1n) is 8.15. The molecule has 12 heteroatoms. The van der Waals surface area contributed by atoms with Gasteiger partial charge < -0.3 is 10.6 Å². The molecule has 1 heterocycles. The van der Waals surface area contributed by atoms with Gasteiger partial charge in [-0.3, -0.25) is 0 Å².